The zero-order valence-electron chi connectivity index (χ0n) is 11.9. The number of pyridine rings is 1. The van der Waals surface area contributed by atoms with Gasteiger partial charge < -0.3 is 10.7 Å². The number of aromatic nitrogens is 2. The number of rotatable bonds is 2. The van der Waals surface area contributed by atoms with Gasteiger partial charge in [-0.1, -0.05) is 18.2 Å². The SMILES string of the molecule is Cc1[nH]c2ccccc2c1C(=O)c1sc2ncccc2c1N. The highest BCUT2D eigenvalue weighted by Crippen LogP contribution is 2.35. The molecule has 3 N–H and O–H groups in total. The van der Waals surface area contributed by atoms with Crippen LogP contribution in [0.1, 0.15) is 20.9 Å². The second-order valence-corrected chi connectivity index (χ2v) is 6.20. The normalized spacial score (nSPS) is 11.3. The molecule has 3 aromatic heterocycles. The first-order chi connectivity index (χ1) is 10.7. The molecule has 4 aromatic rings. The Morgan fingerprint density at radius 3 is 2.77 bits per heavy atom. The highest BCUT2D eigenvalue weighted by molar-refractivity contribution is 7.21. The van der Waals surface area contributed by atoms with E-state index in [0.29, 0.717) is 16.1 Å². The number of fused-ring (bicyclic) bond motifs is 2. The number of hydrogen-bond acceptors (Lipinski definition) is 4. The Bertz CT molecular complexity index is 1030. The molecule has 4 rings (SSSR count). The second-order valence-electron chi connectivity index (χ2n) is 5.20. The third kappa shape index (κ3) is 1.76. The third-order valence-electron chi connectivity index (χ3n) is 3.83. The van der Waals surface area contributed by atoms with Crippen LogP contribution in [-0.2, 0) is 0 Å². The van der Waals surface area contributed by atoms with Crippen LogP contribution in [0, 0.1) is 6.92 Å². The van der Waals surface area contributed by atoms with Crippen LogP contribution in [0.4, 0.5) is 5.69 Å². The summed E-state index contributed by atoms with van der Waals surface area (Å²) < 4.78 is 0. The zero-order valence-corrected chi connectivity index (χ0v) is 12.7. The summed E-state index contributed by atoms with van der Waals surface area (Å²) in [6.45, 7) is 1.91. The Morgan fingerprint density at radius 2 is 1.95 bits per heavy atom. The number of H-pyrrole nitrogens is 1. The van der Waals surface area contributed by atoms with Crippen LogP contribution in [0.5, 0.6) is 0 Å². The molecule has 0 radical (unpaired) electrons. The van der Waals surface area contributed by atoms with Crippen LogP contribution in [-0.4, -0.2) is 15.8 Å². The minimum absolute atomic E-state index is 0.0459. The summed E-state index contributed by atoms with van der Waals surface area (Å²) >= 11 is 1.35. The summed E-state index contributed by atoms with van der Waals surface area (Å²) in [6.07, 6.45) is 1.71. The number of carbonyl (C=O) groups excluding carboxylic acids is 1. The van der Waals surface area contributed by atoms with Crippen molar-refractivity contribution in [2.45, 2.75) is 6.92 Å². The van der Waals surface area contributed by atoms with E-state index in [1.807, 2.05) is 43.3 Å². The number of benzene rings is 1. The van der Waals surface area contributed by atoms with Crippen LogP contribution in [0.3, 0.4) is 0 Å². The number of nitrogens with two attached hydrogens (primary N) is 1. The monoisotopic (exact) mass is 307 g/mol. The number of carbonyl (C=O) groups is 1. The molecule has 108 valence electrons. The summed E-state index contributed by atoms with van der Waals surface area (Å²) in [7, 11) is 0. The van der Waals surface area contributed by atoms with Gasteiger partial charge in [0.25, 0.3) is 0 Å². The quantitative estimate of drug-likeness (QED) is 0.552. The molecule has 0 saturated heterocycles. The van der Waals surface area contributed by atoms with Gasteiger partial charge in [0, 0.05) is 28.2 Å². The van der Waals surface area contributed by atoms with E-state index >= 15 is 0 Å². The van der Waals surface area contributed by atoms with Gasteiger partial charge in [-0.25, -0.2) is 4.98 Å². The highest BCUT2D eigenvalue weighted by atomic mass is 32.1. The van der Waals surface area contributed by atoms with Crippen LogP contribution in [0.25, 0.3) is 21.1 Å². The van der Waals surface area contributed by atoms with Gasteiger partial charge in [-0.15, -0.1) is 11.3 Å². The number of hydrogen-bond donors (Lipinski definition) is 2. The molecule has 0 amide bonds. The van der Waals surface area contributed by atoms with E-state index in [1.165, 1.54) is 11.3 Å². The van der Waals surface area contributed by atoms with Gasteiger partial charge in [0.2, 0.25) is 5.78 Å². The van der Waals surface area contributed by atoms with Crippen molar-refractivity contribution in [3.8, 4) is 0 Å². The van der Waals surface area contributed by atoms with Crippen molar-refractivity contribution in [1.29, 1.82) is 0 Å². The number of nitrogen functional groups attached to an aromatic ring is 1. The molecule has 0 atom stereocenters. The molecule has 5 heteroatoms. The van der Waals surface area contributed by atoms with E-state index < -0.39 is 0 Å². The molecule has 1 aromatic carbocycles. The van der Waals surface area contributed by atoms with Crippen molar-refractivity contribution in [1.82, 2.24) is 9.97 Å². The van der Waals surface area contributed by atoms with Gasteiger partial charge in [-0.3, -0.25) is 4.79 Å². The Labute approximate surface area is 130 Å². The minimum atomic E-state index is -0.0459. The summed E-state index contributed by atoms with van der Waals surface area (Å²) in [6, 6.07) is 11.5. The van der Waals surface area contributed by atoms with E-state index in [-0.39, 0.29) is 5.78 Å². The average Bonchev–Trinajstić information content (AvgIpc) is 3.04. The summed E-state index contributed by atoms with van der Waals surface area (Å²) in [5.74, 6) is -0.0459. The molecule has 3 heterocycles. The lowest BCUT2D eigenvalue weighted by Crippen LogP contribution is -2.03. The number of aromatic amines is 1. The van der Waals surface area contributed by atoms with Gasteiger partial charge in [0.15, 0.2) is 0 Å². The lowest BCUT2D eigenvalue weighted by Gasteiger charge is -2.00. The van der Waals surface area contributed by atoms with Crippen molar-refractivity contribution in [3.63, 3.8) is 0 Å². The molecule has 0 aliphatic rings. The second kappa shape index (κ2) is 4.68. The molecule has 0 bridgehead atoms. The zero-order chi connectivity index (χ0) is 15.3. The van der Waals surface area contributed by atoms with Crippen LogP contribution >= 0.6 is 11.3 Å². The fraction of sp³-hybridized carbons (Fsp3) is 0.0588. The Balaban J connectivity index is 1.96. The molecule has 22 heavy (non-hydrogen) atoms. The van der Waals surface area contributed by atoms with Crippen molar-refractivity contribution in [2.24, 2.45) is 0 Å². The average molecular weight is 307 g/mol. The van der Waals surface area contributed by atoms with Crippen molar-refractivity contribution in [2.75, 3.05) is 5.73 Å². The van der Waals surface area contributed by atoms with Crippen LogP contribution < -0.4 is 5.73 Å². The molecular formula is C17H13N3OS. The van der Waals surface area contributed by atoms with Crippen LogP contribution in [0.2, 0.25) is 0 Å². The van der Waals surface area contributed by atoms with Gasteiger partial charge >= 0.3 is 0 Å². The number of ketones is 1. The summed E-state index contributed by atoms with van der Waals surface area (Å²) in [5.41, 5.74) is 9.20. The van der Waals surface area contributed by atoms with E-state index in [1.54, 1.807) is 6.20 Å². The number of anilines is 1. The molecule has 0 spiro atoms. The lowest BCUT2D eigenvalue weighted by molar-refractivity contribution is 0.104. The molecular weight excluding hydrogens is 294 g/mol. The molecule has 0 saturated carbocycles. The van der Waals surface area contributed by atoms with Gasteiger partial charge in [0.1, 0.15) is 9.71 Å². The fourth-order valence-electron chi connectivity index (χ4n) is 2.80. The maximum absolute atomic E-state index is 13.0. The van der Waals surface area contributed by atoms with E-state index in [9.17, 15) is 4.79 Å². The molecule has 0 fully saturated rings. The van der Waals surface area contributed by atoms with E-state index in [4.69, 9.17) is 5.73 Å². The topological polar surface area (TPSA) is 71.8 Å². The predicted octanol–water partition coefficient (Wildman–Crippen LogP) is 3.90. The maximum Gasteiger partial charge on any atom is 0.207 e. The molecule has 0 aliphatic heterocycles. The summed E-state index contributed by atoms with van der Waals surface area (Å²) in [4.78, 5) is 21.9. The van der Waals surface area contributed by atoms with Gasteiger partial charge in [0.05, 0.1) is 11.3 Å². The number of para-hydroxylation sites is 1. The lowest BCUT2D eigenvalue weighted by atomic mass is 10.0. The Hall–Kier alpha value is -2.66. The number of nitrogens with one attached hydrogen (secondary N) is 1. The first kappa shape index (κ1) is 13.0. The first-order valence-corrected chi connectivity index (χ1v) is 7.73. The minimum Gasteiger partial charge on any atom is -0.397 e. The number of nitrogens with zero attached hydrogens (tertiary/aromatic N) is 1. The van der Waals surface area contributed by atoms with Gasteiger partial charge in [-0.2, -0.15) is 0 Å². The summed E-state index contributed by atoms with van der Waals surface area (Å²) in [5, 5.41) is 1.77. The molecule has 0 unspecified atom stereocenters. The molecule has 0 aliphatic carbocycles. The third-order valence-corrected chi connectivity index (χ3v) is 4.96. The van der Waals surface area contributed by atoms with E-state index in [0.717, 1.165) is 26.8 Å². The van der Waals surface area contributed by atoms with Crippen molar-refractivity contribution < 1.29 is 4.79 Å². The Kier molecular flexibility index (Phi) is 2.77. The largest absolute Gasteiger partial charge is 0.397 e. The van der Waals surface area contributed by atoms with Gasteiger partial charge in [-0.05, 0) is 25.1 Å². The smallest absolute Gasteiger partial charge is 0.207 e. The first-order valence-electron chi connectivity index (χ1n) is 6.92. The predicted molar refractivity (Wildman–Crippen MR) is 90.5 cm³/mol. The standard InChI is InChI=1S/C17H13N3OS/c1-9-13(10-5-2-3-7-12(10)20-9)15(21)16-14(18)11-6-4-8-19-17(11)22-16/h2-8,20H,18H2,1H3. The van der Waals surface area contributed by atoms with Crippen molar-refractivity contribution in [3.05, 3.63) is 58.7 Å². The van der Waals surface area contributed by atoms with E-state index in [2.05, 4.69) is 9.97 Å². The van der Waals surface area contributed by atoms with Crippen LogP contribution in [0.15, 0.2) is 42.6 Å². The fourth-order valence-corrected chi connectivity index (χ4v) is 3.81. The number of aryl methyl sites for hydroxylation is 1. The number of thiophene rings is 1. The van der Waals surface area contributed by atoms with Crippen molar-refractivity contribution >= 4 is 43.9 Å². The highest BCUT2D eigenvalue weighted by Gasteiger charge is 2.23. The maximum atomic E-state index is 13.0. The Morgan fingerprint density at radius 1 is 1.18 bits per heavy atom. The molecule has 4 nitrogen and oxygen atoms in total.